The molecule has 1 aromatic heterocycles. The lowest BCUT2D eigenvalue weighted by atomic mass is 9.84. The molecular formula is C20H20ClN3O2. The fourth-order valence-electron chi connectivity index (χ4n) is 3.30. The van der Waals surface area contributed by atoms with Gasteiger partial charge in [-0.15, -0.1) is 0 Å². The second kappa shape index (κ2) is 6.89. The third kappa shape index (κ3) is 3.09. The van der Waals surface area contributed by atoms with Crippen molar-refractivity contribution in [1.29, 1.82) is 5.26 Å². The Balaban J connectivity index is 2.31. The van der Waals surface area contributed by atoms with E-state index in [2.05, 4.69) is 19.9 Å². The van der Waals surface area contributed by atoms with E-state index < -0.39 is 5.92 Å². The normalized spacial score (nSPS) is 16.2. The van der Waals surface area contributed by atoms with Crippen molar-refractivity contribution in [3.05, 3.63) is 74.0 Å². The zero-order valence-corrected chi connectivity index (χ0v) is 15.7. The molecule has 1 atom stereocenters. The molecule has 0 aliphatic carbocycles. The molecule has 0 radical (unpaired) electrons. The summed E-state index contributed by atoms with van der Waals surface area (Å²) in [6.07, 6.45) is 0. The highest BCUT2D eigenvalue weighted by atomic mass is 35.5. The minimum absolute atomic E-state index is 0.0189. The average Bonchev–Trinajstić information content (AvgIpc) is 2.57. The van der Waals surface area contributed by atoms with Gasteiger partial charge >= 0.3 is 0 Å². The number of allylic oxidation sites excluding steroid dienone is 1. The second-order valence-electron chi connectivity index (χ2n) is 6.85. The molecule has 26 heavy (non-hydrogen) atoms. The Bertz CT molecular complexity index is 999. The lowest BCUT2D eigenvalue weighted by Crippen LogP contribution is -2.33. The number of aryl methyl sites for hydroxylation is 1. The molecule has 134 valence electrons. The molecular weight excluding hydrogens is 350 g/mol. The first-order chi connectivity index (χ1) is 12.3. The number of rotatable bonds is 3. The Labute approximate surface area is 157 Å². The van der Waals surface area contributed by atoms with Gasteiger partial charge in [-0.2, -0.15) is 5.26 Å². The summed E-state index contributed by atoms with van der Waals surface area (Å²) in [4.78, 5) is 13.3. The van der Waals surface area contributed by atoms with E-state index in [1.165, 1.54) is 0 Å². The monoisotopic (exact) mass is 369 g/mol. The highest BCUT2D eigenvalue weighted by Crippen LogP contribution is 2.40. The number of ether oxygens (including phenoxy) is 1. The van der Waals surface area contributed by atoms with Crippen LogP contribution in [0.2, 0.25) is 5.02 Å². The SMILES string of the molecule is Cc1cc2c(c(=O)n1CC(C)C)[C@@H](c1cccc(Cl)c1)C(C#N)=C(N)O2. The zero-order chi connectivity index (χ0) is 19.0. The van der Waals surface area contributed by atoms with Crippen LogP contribution in [-0.4, -0.2) is 4.57 Å². The molecule has 0 fully saturated rings. The van der Waals surface area contributed by atoms with Crippen molar-refractivity contribution in [2.45, 2.75) is 33.2 Å². The maximum atomic E-state index is 13.3. The van der Waals surface area contributed by atoms with Crippen LogP contribution in [0.15, 0.2) is 46.6 Å². The number of nitrogens with two attached hydrogens (primary N) is 1. The van der Waals surface area contributed by atoms with E-state index in [0.29, 0.717) is 28.8 Å². The lowest BCUT2D eigenvalue weighted by Gasteiger charge is -2.27. The number of hydrogen-bond acceptors (Lipinski definition) is 4. The molecule has 3 rings (SSSR count). The van der Waals surface area contributed by atoms with Crippen LogP contribution in [0, 0.1) is 24.2 Å². The van der Waals surface area contributed by atoms with Crippen LogP contribution in [0.3, 0.4) is 0 Å². The number of fused-ring (bicyclic) bond motifs is 1. The summed E-state index contributed by atoms with van der Waals surface area (Å²) in [5.74, 6) is 0.114. The van der Waals surface area contributed by atoms with Gasteiger partial charge in [-0.1, -0.05) is 37.6 Å². The van der Waals surface area contributed by atoms with E-state index in [0.717, 1.165) is 11.3 Å². The quantitative estimate of drug-likeness (QED) is 0.894. The number of nitriles is 1. The van der Waals surface area contributed by atoms with Crippen molar-refractivity contribution in [1.82, 2.24) is 4.57 Å². The van der Waals surface area contributed by atoms with Crippen LogP contribution >= 0.6 is 11.6 Å². The predicted molar refractivity (Wildman–Crippen MR) is 101 cm³/mol. The van der Waals surface area contributed by atoms with Gasteiger partial charge in [0, 0.05) is 23.3 Å². The van der Waals surface area contributed by atoms with Gasteiger partial charge in [0.25, 0.3) is 5.56 Å². The van der Waals surface area contributed by atoms with Crippen LogP contribution in [-0.2, 0) is 6.54 Å². The van der Waals surface area contributed by atoms with Gasteiger partial charge in [0.2, 0.25) is 5.88 Å². The number of halogens is 1. The summed E-state index contributed by atoms with van der Waals surface area (Å²) in [7, 11) is 0. The number of benzene rings is 1. The maximum Gasteiger partial charge on any atom is 0.258 e. The van der Waals surface area contributed by atoms with Gasteiger partial charge in [-0.3, -0.25) is 4.79 Å². The van der Waals surface area contributed by atoms with Crippen LogP contribution in [0.25, 0.3) is 0 Å². The topological polar surface area (TPSA) is 81.0 Å². The Morgan fingerprint density at radius 2 is 2.12 bits per heavy atom. The highest BCUT2D eigenvalue weighted by molar-refractivity contribution is 6.30. The Hall–Kier alpha value is -2.71. The van der Waals surface area contributed by atoms with Crippen LogP contribution in [0.1, 0.15) is 36.6 Å². The summed E-state index contributed by atoms with van der Waals surface area (Å²) in [6, 6.07) is 11.0. The molecule has 1 aliphatic heterocycles. The van der Waals surface area contributed by atoms with Crippen molar-refractivity contribution in [2.24, 2.45) is 11.7 Å². The standard InChI is InChI=1S/C20H20ClN3O2/c1-11(2)10-24-12(3)7-16-18(20(24)25)17(15(9-22)19(23)26-16)13-5-4-6-14(21)8-13/h4-8,11,17H,10,23H2,1-3H3/t17-/m0/s1. The van der Waals surface area contributed by atoms with E-state index in [-0.39, 0.29) is 17.0 Å². The number of nitrogens with zero attached hydrogens (tertiary/aromatic N) is 2. The van der Waals surface area contributed by atoms with Crippen molar-refractivity contribution in [3.8, 4) is 11.8 Å². The first-order valence-electron chi connectivity index (χ1n) is 8.40. The Morgan fingerprint density at radius 3 is 2.73 bits per heavy atom. The summed E-state index contributed by atoms with van der Waals surface area (Å²) < 4.78 is 7.35. The molecule has 0 bridgehead atoms. The summed E-state index contributed by atoms with van der Waals surface area (Å²) in [5.41, 5.74) is 7.98. The fraction of sp³-hybridized carbons (Fsp3) is 0.300. The molecule has 6 heteroatoms. The molecule has 0 amide bonds. The Kier molecular flexibility index (Phi) is 4.80. The molecule has 0 unspecified atom stereocenters. The third-order valence-electron chi connectivity index (χ3n) is 4.42. The zero-order valence-electron chi connectivity index (χ0n) is 14.9. The fourth-order valence-corrected chi connectivity index (χ4v) is 3.50. The maximum absolute atomic E-state index is 13.3. The van der Waals surface area contributed by atoms with Gasteiger partial charge in [0.1, 0.15) is 17.4 Å². The molecule has 0 saturated heterocycles. The van der Waals surface area contributed by atoms with Gasteiger partial charge < -0.3 is 15.0 Å². The molecule has 1 aromatic carbocycles. The van der Waals surface area contributed by atoms with E-state index in [1.807, 2.05) is 13.0 Å². The molecule has 2 heterocycles. The van der Waals surface area contributed by atoms with E-state index in [1.54, 1.807) is 28.8 Å². The molecule has 0 spiro atoms. The van der Waals surface area contributed by atoms with E-state index >= 15 is 0 Å². The summed E-state index contributed by atoms with van der Waals surface area (Å²) in [6.45, 7) is 6.55. The molecule has 2 N–H and O–H groups in total. The van der Waals surface area contributed by atoms with E-state index in [4.69, 9.17) is 22.1 Å². The average molecular weight is 370 g/mol. The van der Waals surface area contributed by atoms with Crippen LogP contribution in [0.5, 0.6) is 5.75 Å². The first kappa shape index (κ1) is 18.1. The number of pyridine rings is 1. The van der Waals surface area contributed by atoms with E-state index in [9.17, 15) is 10.1 Å². The first-order valence-corrected chi connectivity index (χ1v) is 8.78. The minimum atomic E-state index is -0.603. The number of aromatic nitrogens is 1. The van der Waals surface area contributed by atoms with Crippen molar-refractivity contribution in [2.75, 3.05) is 0 Å². The highest BCUT2D eigenvalue weighted by Gasteiger charge is 2.34. The van der Waals surface area contributed by atoms with Gasteiger partial charge in [-0.05, 0) is 30.5 Å². The van der Waals surface area contributed by atoms with Crippen molar-refractivity contribution < 1.29 is 4.74 Å². The van der Waals surface area contributed by atoms with Gasteiger partial charge in [0.05, 0.1) is 11.5 Å². The minimum Gasteiger partial charge on any atom is -0.440 e. The van der Waals surface area contributed by atoms with Crippen LogP contribution in [0.4, 0.5) is 0 Å². The van der Waals surface area contributed by atoms with Crippen molar-refractivity contribution in [3.63, 3.8) is 0 Å². The number of hydrogen-bond donors (Lipinski definition) is 1. The molecule has 0 saturated carbocycles. The smallest absolute Gasteiger partial charge is 0.258 e. The second-order valence-corrected chi connectivity index (χ2v) is 7.29. The third-order valence-corrected chi connectivity index (χ3v) is 4.65. The van der Waals surface area contributed by atoms with Crippen LogP contribution < -0.4 is 16.0 Å². The molecule has 5 nitrogen and oxygen atoms in total. The largest absolute Gasteiger partial charge is 0.440 e. The summed E-state index contributed by atoms with van der Waals surface area (Å²) >= 11 is 6.14. The van der Waals surface area contributed by atoms with Gasteiger partial charge in [0.15, 0.2) is 0 Å². The predicted octanol–water partition coefficient (Wildman–Crippen LogP) is 3.68. The van der Waals surface area contributed by atoms with Crippen molar-refractivity contribution >= 4 is 11.6 Å². The Morgan fingerprint density at radius 1 is 1.38 bits per heavy atom. The van der Waals surface area contributed by atoms with Gasteiger partial charge in [-0.25, -0.2) is 0 Å². The molecule has 2 aromatic rings. The lowest BCUT2D eigenvalue weighted by molar-refractivity contribution is 0.386. The molecule has 1 aliphatic rings. The summed E-state index contributed by atoms with van der Waals surface area (Å²) in [5, 5.41) is 10.2.